The lowest BCUT2D eigenvalue weighted by molar-refractivity contribution is -0.139. The molecule has 182 valence electrons. The summed E-state index contributed by atoms with van der Waals surface area (Å²) in [5.74, 6) is -2.26. The number of amides is 2. The quantitative estimate of drug-likeness (QED) is 0.237. The van der Waals surface area contributed by atoms with Crippen molar-refractivity contribution in [1.29, 1.82) is 0 Å². The van der Waals surface area contributed by atoms with Crippen molar-refractivity contribution in [3.63, 3.8) is 0 Å². The monoisotopic (exact) mass is 480 g/mol. The van der Waals surface area contributed by atoms with Crippen LogP contribution in [0.25, 0.3) is 11.2 Å². The molecule has 2 aromatic heterocycles. The zero-order valence-electron chi connectivity index (χ0n) is 18.8. The molecule has 0 aliphatic rings. The molecule has 0 bridgehead atoms. The molecule has 0 fully saturated rings. The number of anilines is 2. The predicted octanol–water partition coefficient (Wildman–Crippen LogP) is 0.520. The fourth-order valence-corrected chi connectivity index (χ4v) is 3.06. The second-order valence-electron chi connectivity index (χ2n) is 7.65. The number of hydrogen-bond donors (Lipinski definition) is 6. The average molecular weight is 480 g/mol. The van der Waals surface area contributed by atoms with Gasteiger partial charge in [0.15, 0.2) is 11.2 Å². The third-order valence-electron chi connectivity index (χ3n) is 4.72. The number of aromatic nitrogens is 4. The molecule has 0 spiro atoms. The second-order valence-corrected chi connectivity index (χ2v) is 7.65. The summed E-state index contributed by atoms with van der Waals surface area (Å²) >= 11 is 0. The van der Waals surface area contributed by atoms with Gasteiger partial charge in [-0.2, -0.15) is 4.98 Å². The highest BCUT2D eigenvalue weighted by Crippen LogP contribution is 2.12. The van der Waals surface area contributed by atoms with Gasteiger partial charge >= 0.3 is 5.97 Å². The molecule has 2 heterocycles. The Morgan fingerprint density at radius 3 is 2.57 bits per heavy atom. The highest BCUT2D eigenvalue weighted by molar-refractivity contribution is 5.97. The Morgan fingerprint density at radius 2 is 1.91 bits per heavy atom. The Hall–Kier alpha value is -4.81. The highest BCUT2D eigenvalue weighted by Gasteiger charge is 2.21. The van der Waals surface area contributed by atoms with Crippen LogP contribution < -0.4 is 27.2 Å². The number of allylic oxidation sites excluding steroid dienone is 1. The van der Waals surface area contributed by atoms with Crippen LogP contribution in [0.5, 0.6) is 0 Å². The van der Waals surface area contributed by atoms with Crippen LogP contribution in [0, 0.1) is 0 Å². The minimum Gasteiger partial charge on any atom is -0.480 e. The molecule has 13 heteroatoms. The molecule has 0 saturated heterocycles. The van der Waals surface area contributed by atoms with Crippen molar-refractivity contribution >= 4 is 40.6 Å². The van der Waals surface area contributed by atoms with Crippen LogP contribution in [-0.4, -0.2) is 48.9 Å². The van der Waals surface area contributed by atoms with Gasteiger partial charge in [0.1, 0.15) is 6.04 Å². The summed E-state index contributed by atoms with van der Waals surface area (Å²) in [5, 5.41) is 17.4. The fourth-order valence-electron chi connectivity index (χ4n) is 3.06. The Bertz CT molecular complexity index is 1340. The summed E-state index contributed by atoms with van der Waals surface area (Å²) in [6.45, 7) is 5.40. The first-order chi connectivity index (χ1) is 16.6. The first-order valence-electron chi connectivity index (χ1n) is 10.5. The fraction of sp³-hybridized carbons (Fsp3) is 0.227. The van der Waals surface area contributed by atoms with Crippen LogP contribution in [0.4, 0.5) is 11.6 Å². The Kier molecular flexibility index (Phi) is 7.71. The number of carboxylic acid groups (broad SMARTS) is 1. The van der Waals surface area contributed by atoms with E-state index in [0.29, 0.717) is 17.1 Å². The molecule has 1 unspecified atom stereocenters. The third-order valence-corrected chi connectivity index (χ3v) is 4.72. The normalized spacial score (nSPS) is 11.5. The van der Waals surface area contributed by atoms with E-state index in [2.05, 4.69) is 42.5 Å². The number of carboxylic acids is 1. The maximum absolute atomic E-state index is 12.5. The van der Waals surface area contributed by atoms with Crippen molar-refractivity contribution in [3.05, 3.63) is 64.3 Å². The van der Waals surface area contributed by atoms with E-state index in [4.69, 9.17) is 5.73 Å². The molecule has 1 atom stereocenters. The third kappa shape index (κ3) is 6.83. The standard InChI is InChI=1S/C22H24N8O5/c1-11(2)26-16(31)8-7-15(21(34)35)28-19(32)12-3-5-13(6-4-12)24-9-14-10-25-18-17(27-14)20(33)30-22(23)29-18/h3-6,10,15,24H,1,7-9H2,2H3,(H,26,31)(H,28,32)(H,34,35)(H3,23,25,29,30,33). The SMILES string of the molecule is C=C(C)NC(=O)CCC(NC(=O)c1ccc(NCc2cnc3nc(N)[nH]c(=O)c3n2)cc1)C(=O)O. The summed E-state index contributed by atoms with van der Waals surface area (Å²) in [4.78, 5) is 62.2. The van der Waals surface area contributed by atoms with Gasteiger partial charge in [0.25, 0.3) is 11.5 Å². The zero-order chi connectivity index (χ0) is 25.5. The molecule has 1 aromatic carbocycles. The first-order valence-corrected chi connectivity index (χ1v) is 10.5. The van der Waals surface area contributed by atoms with Gasteiger partial charge in [-0.15, -0.1) is 0 Å². The summed E-state index contributed by atoms with van der Waals surface area (Å²) < 4.78 is 0. The maximum Gasteiger partial charge on any atom is 0.326 e. The molecule has 2 amide bonds. The van der Waals surface area contributed by atoms with Crippen LogP contribution in [0.15, 0.2) is 47.5 Å². The number of hydrogen-bond acceptors (Lipinski definition) is 9. The number of rotatable bonds is 10. The Morgan fingerprint density at radius 1 is 1.20 bits per heavy atom. The number of carbonyl (C=O) groups is 3. The zero-order valence-corrected chi connectivity index (χ0v) is 18.8. The number of carbonyl (C=O) groups excluding carboxylic acids is 2. The molecule has 3 rings (SSSR count). The number of H-pyrrole nitrogens is 1. The number of aliphatic carboxylic acids is 1. The molecular formula is C22H24N8O5. The largest absolute Gasteiger partial charge is 0.480 e. The van der Waals surface area contributed by atoms with Crippen molar-refractivity contribution in [2.75, 3.05) is 11.1 Å². The number of nitrogens with two attached hydrogens (primary N) is 1. The van der Waals surface area contributed by atoms with Gasteiger partial charge in [-0.1, -0.05) is 6.58 Å². The van der Waals surface area contributed by atoms with E-state index in [1.165, 1.54) is 18.3 Å². The van der Waals surface area contributed by atoms with Gasteiger partial charge in [-0.25, -0.2) is 14.8 Å². The molecular weight excluding hydrogens is 456 g/mol. The van der Waals surface area contributed by atoms with Crippen molar-refractivity contribution in [3.8, 4) is 0 Å². The number of aromatic amines is 1. The lowest BCUT2D eigenvalue weighted by atomic mass is 10.1. The number of nitrogens with one attached hydrogen (secondary N) is 4. The van der Waals surface area contributed by atoms with Crippen LogP contribution in [0.1, 0.15) is 35.8 Å². The number of benzene rings is 1. The van der Waals surface area contributed by atoms with Gasteiger partial charge in [0.2, 0.25) is 11.9 Å². The van der Waals surface area contributed by atoms with Gasteiger partial charge < -0.3 is 26.8 Å². The maximum atomic E-state index is 12.5. The van der Waals surface area contributed by atoms with Gasteiger partial charge in [-0.05, 0) is 37.6 Å². The van der Waals surface area contributed by atoms with E-state index in [0.717, 1.165) is 0 Å². The van der Waals surface area contributed by atoms with E-state index in [1.54, 1.807) is 19.1 Å². The summed E-state index contributed by atoms with van der Waals surface area (Å²) in [5.41, 5.74) is 7.03. The number of nitrogens with zero attached hydrogens (tertiary/aromatic N) is 3. The van der Waals surface area contributed by atoms with Crippen LogP contribution in [0.2, 0.25) is 0 Å². The van der Waals surface area contributed by atoms with Crippen molar-refractivity contribution in [2.24, 2.45) is 0 Å². The predicted molar refractivity (Wildman–Crippen MR) is 127 cm³/mol. The minimum absolute atomic E-state index is 0.0465. The molecule has 0 saturated carbocycles. The molecule has 35 heavy (non-hydrogen) atoms. The summed E-state index contributed by atoms with van der Waals surface area (Å²) in [6.07, 6.45) is 1.31. The second kappa shape index (κ2) is 10.9. The molecule has 0 aliphatic heterocycles. The van der Waals surface area contributed by atoms with Gasteiger partial charge in [-0.3, -0.25) is 19.4 Å². The van der Waals surface area contributed by atoms with E-state index < -0.39 is 23.5 Å². The summed E-state index contributed by atoms with van der Waals surface area (Å²) in [7, 11) is 0. The van der Waals surface area contributed by atoms with Gasteiger partial charge in [0.05, 0.1) is 18.4 Å². The average Bonchev–Trinajstić information content (AvgIpc) is 2.80. The minimum atomic E-state index is -1.24. The molecule has 13 nitrogen and oxygen atoms in total. The van der Waals surface area contributed by atoms with E-state index >= 15 is 0 Å². The Balaban J connectivity index is 1.58. The van der Waals surface area contributed by atoms with Crippen LogP contribution >= 0.6 is 0 Å². The topological polar surface area (TPSA) is 205 Å². The lowest BCUT2D eigenvalue weighted by Gasteiger charge is -2.15. The van der Waals surface area contributed by atoms with Crippen molar-refractivity contribution in [1.82, 2.24) is 30.6 Å². The van der Waals surface area contributed by atoms with E-state index in [-0.39, 0.29) is 48.0 Å². The highest BCUT2D eigenvalue weighted by atomic mass is 16.4. The molecule has 3 aromatic rings. The molecule has 7 N–H and O–H groups in total. The number of nitrogen functional groups attached to an aromatic ring is 1. The lowest BCUT2D eigenvalue weighted by Crippen LogP contribution is -2.41. The van der Waals surface area contributed by atoms with Gasteiger partial charge in [0, 0.05) is 23.4 Å². The Labute approximate surface area is 198 Å². The van der Waals surface area contributed by atoms with Crippen LogP contribution in [0.3, 0.4) is 0 Å². The number of fused-ring (bicyclic) bond motifs is 1. The first kappa shape index (κ1) is 24.8. The smallest absolute Gasteiger partial charge is 0.326 e. The van der Waals surface area contributed by atoms with Crippen molar-refractivity contribution < 1.29 is 19.5 Å². The van der Waals surface area contributed by atoms with E-state index in [9.17, 15) is 24.3 Å². The molecule has 0 aliphatic carbocycles. The molecule has 0 radical (unpaired) electrons. The van der Waals surface area contributed by atoms with Crippen LogP contribution in [-0.2, 0) is 16.1 Å². The van der Waals surface area contributed by atoms with Crippen molar-refractivity contribution in [2.45, 2.75) is 32.4 Å². The van der Waals surface area contributed by atoms with E-state index in [1.807, 2.05) is 0 Å². The summed E-state index contributed by atoms with van der Waals surface area (Å²) in [6, 6.07) is 5.08.